The van der Waals surface area contributed by atoms with Crippen LogP contribution in [-0.4, -0.2) is 43.6 Å². The number of nitrogens with zero attached hydrogens (tertiary/aromatic N) is 2. The van der Waals surface area contributed by atoms with E-state index in [2.05, 4.69) is 56.9 Å². The molecular formula is C18H27IN4S. The first-order valence-corrected chi connectivity index (χ1v) is 9.54. The van der Waals surface area contributed by atoms with Crippen LogP contribution in [0.2, 0.25) is 0 Å². The van der Waals surface area contributed by atoms with E-state index in [1.807, 2.05) is 18.8 Å². The zero-order valence-corrected chi connectivity index (χ0v) is 17.3. The fourth-order valence-electron chi connectivity index (χ4n) is 2.95. The van der Waals surface area contributed by atoms with Gasteiger partial charge in [-0.2, -0.15) is 11.8 Å². The van der Waals surface area contributed by atoms with Crippen LogP contribution in [0.4, 0.5) is 5.69 Å². The highest BCUT2D eigenvalue weighted by Crippen LogP contribution is 2.19. The SMILES string of the molecule is CN=C(NCc1ccc(N2CCSCC2)cc1)NC1CC=CC1.I. The molecule has 6 heteroatoms. The number of nitrogens with one attached hydrogen (secondary N) is 2. The van der Waals surface area contributed by atoms with E-state index in [-0.39, 0.29) is 24.0 Å². The second-order valence-corrected chi connectivity index (χ2v) is 7.20. The molecule has 0 unspecified atom stereocenters. The number of anilines is 1. The van der Waals surface area contributed by atoms with Gasteiger partial charge in [-0.05, 0) is 30.5 Å². The Balaban J connectivity index is 0.00000208. The molecule has 0 saturated carbocycles. The highest BCUT2D eigenvalue weighted by molar-refractivity contribution is 14.0. The zero-order valence-electron chi connectivity index (χ0n) is 14.2. The molecule has 0 bridgehead atoms. The Labute approximate surface area is 166 Å². The first kappa shape index (κ1) is 19.4. The van der Waals surface area contributed by atoms with Crippen LogP contribution in [0.1, 0.15) is 18.4 Å². The zero-order chi connectivity index (χ0) is 15.9. The number of hydrogen-bond acceptors (Lipinski definition) is 3. The normalized spacial score (nSPS) is 18.4. The molecule has 0 atom stereocenters. The van der Waals surface area contributed by atoms with E-state index >= 15 is 0 Å². The second kappa shape index (κ2) is 10.2. The van der Waals surface area contributed by atoms with Crippen molar-refractivity contribution in [3.05, 3.63) is 42.0 Å². The van der Waals surface area contributed by atoms with Crippen LogP contribution in [0, 0.1) is 0 Å². The van der Waals surface area contributed by atoms with Crippen molar-refractivity contribution in [2.24, 2.45) is 4.99 Å². The van der Waals surface area contributed by atoms with Crippen LogP contribution in [0.25, 0.3) is 0 Å². The molecule has 24 heavy (non-hydrogen) atoms. The number of benzene rings is 1. The second-order valence-electron chi connectivity index (χ2n) is 5.98. The van der Waals surface area contributed by atoms with Crippen LogP contribution in [-0.2, 0) is 6.54 Å². The van der Waals surface area contributed by atoms with Crippen molar-refractivity contribution >= 4 is 47.4 Å². The van der Waals surface area contributed by atoms with Gasteiger partial charge in [0, 0.05) is 49.9 Å². The first-order chi connectivity index (χ1) is 11.3. The molecule has 2 aliphatic rings. The predicted molar refractivity (Wildman–Crippen MR) is 117 cm³/mol. The van der Waals surface area contributed by atoms with Crippen molar-refractivity contribution in [3.8, 4) is 0 Å². The smallest absolute Gasteiger partial charge is 0.191 e. The lowest BCUT2D eigenvalue weighted by Crippen LogP contribution is -2.42. The number of guanidine groups is 1. The Kier molecular flexibility index (Phi) is 8.24. The summed E-state index contributed by atoms with van der Waals surface area (Å²) in [7, 11) is 1.83. The summed E-state index contributed by atoms with van der Waals surface area (Å²) >= 11 is 2.05. The minimum atomic E-state index is 0. The molecule has 1 aromatic rings. The molecule has 1 fully saturated rings. The van der Waals surface area contributed by atoms with Crippen molar-refractivity contribution in [1.29, 1.82) is 0 Å². The molecule has 0 amide bonds. The fraction of sp³-hybridized carbons (Fsp3) is 0.500. The fourth-order valence-corrected chi connectivity index (χ4v) is 3.86. The molecule has 1 aromatic carbocycles. The predicted octanol–water partition coefficient (Wildman–Crippen LogP) is 3.24. The molecule has 1 heterocycles. The van der Waals surface area contributed by atoms with Crippen LogP contribution in [0.5, 0.6) is 0 Å². The average Bonchev–Trinajstić information content (AvgIpc) is 3.13. The van der Waals surface area contributed by atoms with Crippen molar-refractivity contribution in [1.82, 2.24) is 10.6 Å². The molecule has 2 N–H and O–H groups in total. The summed E-state index contributed by atoms with van der Waals surface area (Å²) in [5.41, 5.74) is 2.63. The maximum atomic E-state index is 4.31. The third kappa shape index (κ3) is 5.58. The van der Waals surface area contributed by atoms with Gasteiger partial charge in [0.1, 0.15) is 0 Å². The van der Waals surface area contributed by atoms with E-state index in [0.29, 0.717) is 6.04 Å². The topological polar surface area (TPSA) is 39.7 Å². The number of hydrogen-bond donors (Lipinski definition) is 2. The summed E-state index contributed by atoms with van der Waals surface area (Å²) in [5, 5.41) is 6.87. The van der Waals surface area contributed by atoms with Gasteiger partial charge >= 0.3 is 0 Å². The standard InChI is InChI=1S/C18H26N4S.HI/c1-19-18(21-16-4-2-3-5-16)20-14-15-6-8-17(9-7-15)22-10-12-23-13-11-22;/h2-3,6-9,16H,4-5,10-14H2,1H3,(H2,19,20,21);1H. The van der Waals surface area contributed by atoms with Crippen molar-refractivity contribution in [2.75, 3.05) is 36.5 Å². The Morgan fingerprint density at radius 2 is 1.83 bits per heavy atom. The van der Waals surface area contributed by atoms with E-state index in [0.717, 1.165) is 38.4 Å². The third-order valence-electron chi connectivity index (χ3n) is 4.34. The Morgan fingerprint density at radius 1 is 1.17 bits per heavy atom. The van der Waals surface area contributed by atoms with Crippen LogP contribution in [0.3, 0.4) is 0 Å². The molecule has 132 valence electrons. The summed E-state index contributed by atoms with van der Waals surface area (Å²) in [6, 6.07) is 9.40. The van der Waals surface area contributed by atoms with E-state index in [1.165, 1.54) is 22.8 Å². The first-order valence-electron chi connectivity index (χ1n) is 8.39. The Morgan fingerprint density at radius 3 is 2.46 bits per heavy atom. The lowest BCUT2D eigenvalue weighted by molar-refractivity contribution is 0.633. The maximum Gasteiger partial charge on any atom is 0.191 e. The number of thioether (sulfide) groups is 1. The van der Waals surface area contributed by atoms with Gasteiger partial charge in [0.2, 0.25) is 0 Å². The molecule has 0 radical (unpaired) electrons. The largest absolute Gasteiger partial charge is 0.370 e. The summed E-state index contributed by atoms with van der Waals surface area (Å²) in [4.78, 5) is 6.79. The van der Waals surface area contributed by atoms with Crippen molar-refractivity contribution in [3.63, 3.8) is 0 Å². The van der Waals surface area contributed by atoms with E-state index in [1.54, 1.807) is 0 Å². The molecule has 1 saturated heterocycles. The number of halogens is 1. The molecule has 4 nitrogen and oxygen atoms in total. The van der Waals surface area contributed by atoms with Gasteiger partial charge in [-0.15, -0.1) is 24.0 Å². The van der Waals surface area contributed by atoms with E-state index in [4.69, 9.17) is 0 Å². The van der Waals surface area contributed by atoms with Gasteiger partial charge in [0.05, 0.1) is 0 Å². The molecule has 1 aliphatic heterocycles. The van der Waals surface area contributed by atoms with Gasteiger partial charge < -0.3 is 15.5 Å². The van der Waals surface area contributed by atoms with Gasteiger partial charge in [0.15, 0.2) is 5.96 Å². The van der Waals surface area contributed by atoms with Gasteiger partial charge in [-0.25, -0.2) is 0 Å². The van der Waals surface area contributed by atoms with Crippen molar-refractivity contribution in [2.45, 2.75) is 25.4 Å². The van der Waals surface area contributed by atoms with Gasteiger partial charge in [0.25, 0.3) is 0 Å². The Hall–Kier alpha value is -0.890. The summed E-state index contributed by atoms with van der Waals surface area (Å²) < 4.78 is 0. The van der Waals surface area contributed by atoms with Gasteiger partial charge in [-0.3, -0.25) is 4.99 Å². The number of aliphatic imine (C=N–C) groups is 1. The molecule has 0 spiro atoms. The van der Waals surface area contributed by atoms with Crippen molar-refractivity contribution < 1.29 is 0 Å². The third-order valence-corrected chi connectivity index (χ3v) is 5.29. The molecule has 3 rings (SSSR count). The minimum Gasteiger partial charge on any atom is -0.370 e. The van der Waals surface area contributed by atoms with Gasteiger partial charge in [-0.1, -0.05) is 24.3 Å². The highest BCUT2D eigenvalue weighted by Gasteiger charge is 2.12. The number of rotatable bonds is 4. The average molecular weight is 458 g/mol. The monoisotopic (exact) mass is 458 g/mol. The lowest BCUT2D eigenvalue weighted by atomic mass is 10.2. The lowest BCUT2D eigenvalue weighted by Gasteiger charge is -2.28. The summed E-state index contributed by atoms with van der Waals surface area (Å²) in [6.07, 6.45) is 6.62. The molecule has 1 aliphatic carbocycles. The molecular weight excluding hydrogens is 431 g/mol. The van der Waals surface area contributed by atoms with Crippen LogP contribution in [0.15, 0.2) is 41.4 Å². The summed E-state index contributed by atoms with van der Waals surface area (Å²) in [5.74, 6) is 3.36. The highest BCUT2D eigenvalue weighted by atomic mass is 127. The van der Waals surface area contributed by atoms with E-state index < -0.39 is 0 Å². The Bertz CT molecular complexity index is 545. The quantitative estimate of drug-likeness (QED) is 0.315. The summed E-state index contributed by atoms with van der Waals surface area (Å²) in [6.45, 7) is 3.12. The van der Waals surface area contributed by atoms with E-state index in [9.17, 15) is 0 Å². The van der Waals surface area contributed by atoms with Crippen LogP contribution < -0.4 is 15.5 Å². The molecule has 0 aromatic heterocycles. The minimum absolute atomic E-state index is 0. The maximum absolute atomic E-state index is 4.31. The van der Waals surface area contributed by atoms with Crippen LogP contribution >= 0.6 is 35.7 Å².